The van der Waals surface area contributed by atoms with Gasteiger partial charge in [-0.2, -0.15) is 4.98 Å². The van der Waals surface area contributed by atoms with Gasteiger partial charge < -0.3 is 14.7 Å². The molecular weight excluding hydrogens is 370 g/mol. The van der Waals surface area contributed by atoms with Crippen LogP contribution in [0.25, 0.3) is 6.08 Å². The molecule has 6 nitrogen and oxygen atoms in total. The van der Waals surface area contributed by atoms with Crippen molar-refractivity contribution in [2.75, 3.05) is 49.1 Å². The lowest BCUT2D eigenvalue weighted by Crippen LogP contribution is -2.49. The van der Waals surface area contributed by atoms with Crippen molar-refractivity contribution < 1.29 is 4.79 Å². The lowest BCUT2D eigenvalue weighted by molar-refractivity contribution is -0.126. The van der Waals surface area contributed by atoms with E-state index in [1.165, 1.54) is 19.3 Å². The number of hydrogen-bond donors (Lipinski definition) is 0. The predicted molar refractivity (Wildman–Crippen MR) is 115 cm³/mol. The van der Waals surface area contributed by atoms with E-state index in [-0.39, 0.29) is 5.91 Å². The molecule has 0 aliphatic carbocycles. The van der Waals surface area contributed by atoms with Gasteiger partial charge in [-0.15, -0.1) is 11.3 Å². The van der Waals surface area contributed by atoms with E-state index in [0.29, 0.717) is 13.1 Å². The standard InChI is InChI=1S/C21H27N5OS/c1-17-16-19(24-9-3-2-4-10-24)23-21(22-17)26-13-11-25(12-14-26)20(27)8-7-18-6-5-15-28-18/h5-8,15-16H,2-4,9-14H2,1H3/b8-7+. The Hall–Kier alpha value is -2.41. The molecule has 0 aromatic carbocycles. The molecule has 0 atom stereocenters. The summed E-state index contributed by atoms with van der Waals surface area (Å²) in [5.74, 6) is 1.91. The molecule has 2 aliphatic rings. The fraction of sp³-hybridized carbons (Fsp3) is 0.476. The topological polar surface area (TPSA) is 52.6 Å². The van der Waals surface area contributed by atoms with Crippen LogP contribution in [-0.4, -0.2) is 60.0 Å². The number of piperazine rings is 1. The minimum absolute atomic E-state index is 0.0761. The Balaban J connectivity index is 1.38. The fourth-order valence-electron chi connectivity index (χ4n) is 3.73. The predicted octanol–water partition coefficient (Wildman–Crippen LogP) is 3.20. The highest BCUT2D eigenvalue weighted by Gasteiger charge is 2.23. The van der Waals surface area contributed by atoms with Crippen LogP contribution in [0.3, 0.4) is 0 Å². The third-order valence-electron chi connectivity index (χ3n) is 5.32. The van der Waals surface area contributed by atoms with Crippen molar-refractivity contribution in [3.63, 3.8) is 0 Å². The van der Waals surface area contributed by atoms with Gasteiger partial charge >= 0.3 is 0 Å². The number of aryl methyl sites for hydroxylation is 1. The lowest BCUT2D eigenvalue weighted by Gasteiger charge is -2.35. The van der Waals surface area contributed by atoms with Gasteiger partial charge in [0.15, 0.2) is 0 Å². The number of thiophene rings is 1. The van der Waals surface area contributed by atoms with E-state index in [0.717, 1.165) is 48.5 Å². The molecule has 2 fully saturated rings. The summed E-state index contributed by atoms with van der Waals surface area (Å²) in [5, 5.41) is 2.02. The van der Waals surface area contributed by atoms with Crippen molar-refractivity contribution >= 4 is 35.1 Å². The first kappa shape index (κ1) is 18.9. The molecule has 0 N–H and O–H groups in total. The molecule has 0 radical (unpaired) electrons. The molecule has 2 aliphatic heterocycles. The van der Waals surface area contributed by atoms with Crippen molar-refractivity contribution in [1.29, 1.82) is 0 Å². The van der Waals surface area contributed by atoms with Gasteiger partial charge in [0.1, 0.15) is 5.82 Å². The molecule has 0 bridgehead atoms. The number of hydrogen-bond acceptors (Lipinski definition) is 6. The molecule has 148 valence electrons. The van der Waals surface area contributed by atoms with Crippen LogP contribution in [0.2, 0.25) is 0 Å². The zero-order valence-electron chi connectivity index (χ0n) is 16.4. The Labute approximate surface area is 170 Å². The molecule has 0 unspecified atom stereocenters. The summed E-state index contributed by atoms with van der Waals surface area (Å²) in [6.07, 6.45) is 7.35. The Morgan fingerprint density at radius 3 is 2.54 bits per heavy atom. The van der Waals surface area contributed by atoms with Crippen LogP contribution < -0.4 is 9.80 Å². The van der Waals surface area contributed by atoms with Gasteiger partial charge in [0.05, 0.1) is 0 Å². The average molecular weight is 398 g/mol. The van der Waals surface area contributed by atoms with E-state index in [1.807, 2.05) is 35.4 Å². The van der Waals surface area contributed by atoms with Crippen LogP contribution in [0, 0.1) is 6.92 Å². The number of nitrogens with zero attached hydrogens (tertiary/aromatic N) is 5. The molecule has 2 saturated heterocycles. The fourth-order valence-corrected chi connectivity index (χ4v) is 4.35. The summed E-state index contributed by atoms with van der Waals surface area (Å²) in [6.45, 7) is 7.12. The highest BCUT2D eigenvalue weighted by molar-refractivity contribution is 7.10. The lowest BCUT2D eigenvalue weighted by atomic mass is 10.1. The quantitative estimate of drug-likeness (QED) is 0.742. The van der Waals surface area contributed by atoms with Crippen molar-refractivity contribution in [2.24, 2.45) is 0 Å². The molecule has 0 saturated carbocycles. The Bertz CT molecular complexity index is 821. The molecule has 4 rings (SSSR count). The molecule has 7 heteroatoms. The highest BCUT2D eigenvalue weighted by Crippen LogP contribution is 2.22. The van der Waals surface area contributed by atoms with Gasteiger partial charge in [-0.05, 0) is 43.7 Å². The van der Waals surface area contributed by atoms with E-state index in [1.54, 1.807) is 17.4 Å². The number of amides is 1. The molecule has 28 heavy (non-hydrogen) atoms. The van der Waals surface area contributed by atoms with E-state index in [9.17, 15) is 4.79 Å². The van der Waals surface area contributed by atoms with Gasteiger partial charge in [0.2, 0.25) is 11.9 Å². The summed E-state index contributed by atoms with van der Waals surface area (Å²) >= 11 is 1.64. The molecule has 4 heterocycles. The van der Waals surface area contributed by atoms with Crippen LogP contribution in [0.15, 0.2) is 29.7 Å². The first-order valence-electron chi connectivity index (χ1n) is 10.0. The summed E-state index contributed by atoms with van der Waals surface area (Å²) < 4.78 is 0. The number of piperidine rings is 1. The summed E-state index contributed by atoms with van der Waals surface area (Å²) in [7, 11) is 0. The van der Waals surface area contributed by atoms with Crippen molar-refractivity contribution in [1.82, 2.24) is 14.9 Å². The van der Waals surface area contributed by atoms with E-state index in [2.05, 4.69) is 20.9 Å². The third kappa shape index (κ3) is 4.52. The number of aromatic nitrogens is 2. The summed E-state index contributed by atoms with van der Waals surface area (Å²) in [6, 6.07) is 6.10. The van der Waals surface area contributed by atoms with Gasteiger partial charge in [0.25, 0.3) is 0 Å². The first-order valence-corrected chi connectivity index (χ1v) is 10.9. The Kier molecular flexibility index (Phi) is 5.90. The van der Waals surface area contributed by atoms with Crippen molar-refractivity contribution in [3.8, 4) is 0 Å². The second-order valence-corrected chi connectivity index (χ2v) is 8.36. The molecule has 0 spiro atoms. The zero-order chi connectivity index (χ0) is 19.3. The summed E-state index contributed by atoms with van der Waals surface area (Å²) in [4.78, 5) is 29.5. The van der Waals surface area contributed by atoms with Crippen molar-refractivity contribution in [3.05, 3.63) is 40.2 Å². The van der Waals surface area contributed by atoms with E-state index < -0.39 is 0 Å². The van der Waals surface area contributed by atoms with Crippen LogP contribution in [0.4, 0.5) is 11.8 Å². The maximum Gasteiger partial charge on any atom is 0.246 e. The average Bonchev–Trinajstić information content (AvgIpc) is 3.26. The summed E-state index contributed by atoms with van der Waals surface area (Å²) in [5.41, 5.74) is 1.00. The zero-order valence-corrected chi connectivity index (χ0v) is 17.2. The molecule has 2 aromatic rings. The van der Waals surface area contributed by atoms with Gasteiger partial charge in [-0.1, -0.05) is 6.07 Å². The smallest absolute Gasteiger partial charge is 0.246 e. The van der Waals surface area contributed by atoms with Crippen LogP contribution in [0.1, 0.15) is 29.8 Å². The number of rotatable bonds is 4. The molecular formula is C21H27N5OS. The highest BCUT2D eigenvalue weighted by atomic mass is 32.1. The third-order valence-corrected chi connectivity index (χ3v) is 6.15. The second kappa shape index (κ2) is 8.73. The van der Waals surface area contributed by atoms with Crippen LogP contribution in [-0.2, 0) is 4.79 Å². The van der Waals surface area contributed by atoms with E-state index >= 15 is 0 Å². The minimum atomic E-state index is 0.0761. The normalized spacial score (nSPS) is 18.1. The van der Waals surface area contributed by atoms with Gasteiger partial charge in [-0.3, -0.25) is 4.79 Å². The van der Waals surface area contributed by atoms with Crippen molar-refractivity contribution in [2.45, 2.75) is 26.2 Å². The van der Waals surface area contributed by atoms with Crippen LogP contribution >= 0.6 is 11.3 Å². The number of carbonyl (C=O) groups is 1. The first-order chi connectivity index (χ1) is 13.7. The number of carbonyl (C=O) groups excluding carboxylic acids is 1. The molecule has 2 aromatic heterocycles. The maximum atomic E-state index is 12.4. The number of anilines is 2. The maximum absolute atomic E-state index is 12.4. The SMILES string of the molecule is Cc1cc(N2CCCCC2)nc(N2CCN(C(=O)/C=C/c3cccs3)CC2)n1. The largest absolute Gasteiger partial charge is 0.356 e. The monoisotopic (exact) mass is 397 g/mol. The minimum Gasteiger partial charge on any atom is -0.356 e. The Morgan fingerprint density at radius 2 is 1.82 bits per heavy atom. The van der Waals surface area contributed by atoms with Gasteiger partial charge in [-0.25, -0.2) is 4.98 Å². The second-order valence-electron chi connectivity index (χ2n) is 7.38. The van der Waals surface area contributed by atoms with Gasteiger partial charge in [0, 0.05) is 62.0 Å². The molecule has 1 amide bonds. The van der Waals surface area contributed by atoms with E-state index in [4.69, 9.17) is 4.98 Å². The Morgan fingerprint density at radius 1 is 1.04 bits per heavy atom. The van der Waals surface area contributed by atoms with Crippen LogP contribution in [0.5, 0.6) is 0 Å².